The van der Waals surface area contributed by atoms with Crippen LogP contribution >= 0.6 is 0 Å². The van der Waals surface area contributed by atoms with Crippen molar-refractivity contribution in [1.82, 2.24) is 9.55 Å². The highest BCUT2D eigenvalue weighted by Gasteiger charge is 2.32. The number of fused-ring (bicyclic) bond motifs is 4. The summed E-state index contributed by atoms with van der Waals surface area (Å²) in [5.41, 5.74) is 1.06. The van der Waals surface area contributed by atoms with Crippen molar-refractivity contribution in [3.8, 4) is 0 Å². The summed E-state index contributed by atoms with van der Waals surface area (Å²) in [7, 11) is -3.96. The number of ether oxygens (including phenoxy) is 1. The van der Waals surface area contributed by atoms with Gasteiger partial charge in [0.15, 0.2) is 5.82 Å². The van der Waals surface area contributed by atoms with Crippen molar-refractivity contribution in [2.24, 2.45) is 4.40 Å². The standard InChI is InChI=1S/C22H20F2N4O4S/c23-22(24)28-16-7-4-3-6-15(16)25-20(28)13-32-21(29)14-9-10-17-18(12-14)33(30,31)26-19-8-2-1-5-11-27(17)19/h3-4,6-7,9-10,12,22H,1-2,5,8,11,13H2. The van der Waals surface area contributed by atoms with Gasteiger partial charge in [-0.3, -0.25) is 4.57 Å². The molecule has 172 valence electrons. The summed E-state index contributed by atoms with van der Waals surface area (Å²) in [4.78, 5) is 18.6. The fourth-order valence-corrected chi connectivity index (χ4v) is 5.52. The van der Waals surface area contributed by atoms with Gasteiger partial charge in [-0.05, 0) is 43.2 Å². The minimum Gasteiger partial charge on any atom is -0.454 e. The van der Waals surface area contributed by atoms with Gasteiger partial charge < -0.3 is 9.64 Å². The monoisotopic (exact) mass is 474 g/mol. The molecule has 11 heteroatoms. The van der Waals surface area contributed by atoms with Crippen LogP contribution in [0, 0.1) is 0 Å². The van der Waals surface area contributed by atoms with Gasteiger partial charge in [-0.2, -0.15) is 17.2 Å². The molecule has 1 saturated heterocycles. The number of nitrogens with zero attached hydrogens (tertiary/aromatic N) is 4. The van der Waals surface area contributed by atoms with Gasteiger partial charge in [0.25, 0.3) is 10.0 Å². The smallest absolute Gasteiger partial charge is 0.338 e. The first kappa shape index (κ1) is 21.5. The van der Waals surface area contributed by atoms with E-state index in [1.807, 2.05) is 4.90 Å². The maximum Gasteiger partial charge on any atom is 0.338 e. The molecule has 2 aliphatic heterocycles. The summed E-state index contributed by atoms with van der Waals surface area (Å²) in [6.07, 6.45) is 3.34. The van der Waals surface area contributed by atoms with Crippen molar-refractivity contribution in [2.75, 3.05) is 11.4 Å². The topological polar surface area (TPSA) is 93.9 Å². The number of aromatic nitrogens is 2. The van der Waals surface area contributed by atoms with Gasteiger partial charge in [-0.1, -0.05) is 18.6 Å². The third-order valence-electron chi connectivity index (χ3n) is 5.78. The molecule has 1 fully saturated rings. The van der Waals surface area contributed by atoms with Crippen LogP contribution < -0.4 is 4.90 Å². The SMILES string of the molecule is O=C(OCc1nc2ccccc2n1C(F)F)c1ccc2c(c1)S(=O)(=O)N=C1CCCCCN12. The molecule has 0 bridgehead atoms. The van der Waals surface area contributed by atoms with Gasteiger partial charge in [0.1, 0.15) is 17.3 Å². The Labute approximate surface area is 188 Å². The van der Waals surface area contributed by atoms with E-state index in [2.05, 4.69) is 9.38 Å². The molecule has 5 rings (SSSR count). The Morgan fingerprint density at radius 2 is 1.94 bits per heavy atom. The molecule has 0 amide bonds. The summed E-state index contributed by atoms with van der Waals surface area (Å²) >= 11 is 0. The normalized spacial score (nSPS) is 17.3. The number of para-hydroxylation sites is 2. The summed E-state index contributed by atoms with van der Waals surface area (Å²) < 4.78 is 62.5. The number of imidazole rings is 1. The third kappa shape index (κ3) is 3.86. The Balaban J connectivity index is 1.42. The highest BCUT2D eigenvalue weighted by molar-refractivity contribution is 7.90. The van der Waals surface area contributed by atoms with E-state index in [4.69, 9.17) is 4.74 Å². The zero-order valence-corrected chi connectivity index (χ0v) is 18.3. The molecule has 33 heavy (non-hydrogen) atoms. The van der Waals surface area contributed by atoms with Crippen LogP contribution in [0.3, 0.4) is 0 Å². The lowest BCUT2D eigenvalue weighted by atomic mass is 10.2. The van der Waals surface area contributed by atoms with Gasteiger partial charge in [-0.25, -0.2) is 9.78 Å². The molecule has 0 spiro atoms. The molecule has 0 N–H and O–H groups in total. The largest absolute Gasteiger partial charge is 0.454 e. The number of halogens is 2. The molecule has 1 aromatic heterocycles. The molecule has 0 aliphatic carbocycles. The maximum absolute atomic E-state index is 13.6. The zero-order valence-electron chi connectivity index (χ0n) is 17.4. The van der Waals surface area contributed by atoms with E-state index in [-0.39, 0.29) is 21.8 Å². The van der Waals surface area contributed by atoms with E-state index in [1.165, 1.54) is 18.2 Å². The first-order valence-corrected chi connectivity index (χ1v) is 12.0. The van der Waals surface area contributed by atoms with Gasteiger partial charge in [0.05, 0.1) is 22.3 Å². The van der Waals surface area contributed by atoms with E-state index < -0.39 is 29.1 Å². The second kappa shape index (κ2) is 8.22. The Bertz CT molecular complexity index is 1380. The number of anilines is 1. The highest BCUT2D eigenvalue weighted by Crippen LogP contribution is 2.35. The fraction of sp³-hybridized carbons (Fsp3) is 0.318. The molecular formula is C22H20F2N4O4S. The number of benzene rings is 2. The Kier molecular flexibility index (Phi) is 5.35. The minimum absolute atomic E-state index is 0.00879. The first-order valence-electron chi connectivity index (χ1n) is 10.5. The fourth-order valence-electron chi connectivity index (χ4n) is 4.23. The molecule has 3 aromatic rings. The predicted molar refractivity (Wildman–Crippen MR) is 117 cm³/mol. The van der Waals surface area contributed by atoms with Crippen LogP contribution in [0.25, 0.3) is 11.0 Å². The van der Waals surface area contributed by atoms with Crippen LogP contribution in [0.5, 0.6) is 0 Å². The molecular weight excluding hydrogens is 454 g/mol. The maximum atomic E-state index is 13.6. The quantitative estimate of drug-likeness (QED) is 0.525. The molecule has 0 radical (unpaired) electrons. The van der Waals surface area contributed by atoms with Gasteiger partial charge in [-0.15, -0.1) is 4.40 Å². The number of hydrogen-bond donors (Lipinski definition) is 0. The number of alkyl halides is 2. The molecule has 3 heterocycles. The second-order valence-electron chi connectivity index (χ2n) is 7.87. The van der Waals surface area contributed by atoms with Crippen LogP contribution in [0.2, 0.25) is 0 Å². The van der Waals surface area contributed by atoms with Crippen LogP contribution in [0.4, 0.5) is 14.5 Å². The van der Waals surface area contributed by atoms with Gasteiger partial charge in [0.2, 0.25) is 0 Å². The number of esters is 1. The second-order valence-corrected chi connectivity index (χ2v) is 9.44. The lowest BCUT2D eigenvalue weighted by molar-refractivity contribution is 0.0387. The predicted octanol–water partition coefficient (Wildman–Crippen LogP) is 4.27. The van der Waals surface area contributed by atoms with Crippen LogP contribution in [-0.4, -0.2) is 36.3 Å². The minimum atomic E-state index is -3.96. The lowest BCUT2D eigenvalue weighted by Gasteiger charge is -2.29. The van der Waals surface area contributed by atoms with Crippen molar-refractivity contribution in [3.05, 3.63) is 53.9 Å². The van der Waals surface area contributed by atoms with Crippen molar-refractivity contribution < 1.29 is 26.7 Å². The lowest BCUT2D eigenvalue weighted by Crippen LogP contribution is -2.35. The van der Waals surface area contributed by atoms with Gasteiger partial charge >= 0.3 is 12.5 Å². The average molecular weight is 474 g/mol. The van der Waals surface area contributed by atoms with Crippen LogP contribution in [-0.2, 0) is 21.4 Å². The molecule has 2 aliphatic rings. The van der Waals surface area contributed by atoms with Crippen molar-refractivity contribution in [2.45, 2.75) is 43.7 Å². The molecule has 8 nitrogen and oxygen atoms in total. The number of carbonyl (C=O) groups is 1. The van der Waals surface area contributed by atoms with E-state index in [0.717, 1.165) is 19.3 Å². The van der Waals surface area contributed by atoms with Crippen molar-refractivity contribution in [1.29, 1.82) is 0 Å². The van der Waals surface area contributed by atoms with Crippen LogP contribution in [0.15, 0.2) is 51.8 Å². The Morgan fingerprint density at radius 1 is 1.12 bits per heavy atom. The van der Waals surface area contributed by atoms with E-state index >= 15 is 0 Å². The van der Waals surface area contributed by atoms with E-state index in [9.17, 15) is 22.0 Å². The molecule has 0 atom stereocenters. The number of hydrogen-bond acceptors (Lipinski definition) is 6. The summed E-state index contributed by atoms with van der Waals surface area (Å²) in [5, 5.41) is 0. The summed E-state index contributed by atoms with van der Waals surface area (Å²) in [6, 6.07) is 10.7. The number of sulfonamides is 1. The van der Waals surface area contributed by atoms with Crippen LogP contribution in [0.1, 0.15) is 48.4 Å². The zero-order chi connectivity index (χ0) is 23.2. The first-order chi connectivity index (χ1) is 15.8. The molecule has 0 saturated carbocycles. The summed E-state index contributed by atoms with van der Waals surface area (Å²) in [5.74, 6) is -0.434. The Hall–Kier alpha value is -3.34. The third-order valence-corrected chi connectivity index (χ3v) is 7.11. The number of rotatable bonds is 4. The highest BCUT2D eigenvalue weighted by atomic mass is 32.2. The summed E-state index contributed by atoms with van der Waals surface area (Å²) in [6.45, 7) is -2.70. The number of amidine groups is 1. The van der Waals surface area contributed by atoms with E-state index in [1.54, 1.807) is 24.3 Å². The average Bonchev–Trinajstić information content (AvgIpc) is 3.01. The van der Waals surface area contributed by atoms with Gasteiger partial charge in [0, 0.05) is 13.0 Å². The number of carbonyl (C=O) groups excluding carboxylic acids is 1. The molecule has 2 aromatic carbocycles. The van der Waals surface area contributed by atoms with Crippen molar-refractivity contribution >= 4 is 38.5 Å². The molecule has 0 unspecified atom stereocenters. The van der Waals surface area contributed by atoms with E-state index in [0.29, 0.717) is 34.6 Å². The Morgan fingerprint density at radius 3 is 2.76 bits per heavy atom. The van der Waals surface area contributed by atoms with Crippen molar-refractivity contribution in [3.63, 3.8) is 0 Å².